The van der Waals surface area contributed by atoms with Crippen molar-refractivity contribution >= 4 is 0 Å². The topological polar surface area (TPSA) is 70.8 Å². The maximum absolute atomic E-state index is 13.1. The quantitative estimate of drug-likeness (QED) is 0.458. The number of hydrogen-bond acceptors (Lipinski definition) is 5. The molecule has 1 fully saturated rings. The Hall–Kier alpha value is -1.80. The van der Waals surface area contributed by atoms with E-state index in [0.717, 1.165) is 31.0 Å². The average molecular weight is 317 g/mol. The molecular weight excluding hydrogens is 300 g/mol. The van der Waals surface area contributed by atoms with Crippen LogP contribution in [0.4, 0.5) is 8.78 Å². The third kappa shape index (κ3) is 4.35. The minimum Gasteiger partial charge on any atom is -0.428 e. The lowest BCUT2D eigenvalue weighted by atomic mass is 10.2. The first kappa shape index (κ1) is 16.6. The fourth-order valence-corrected chi connectivity index (χ4v) is 2.12. The van der Waals surface area contributed by atoms with Gasteiger partial charge in [0.15, 0.2) is 24.0 Å². The third-order valence-corrected chi connectivity index (χ3v) is 3.26. The molecule has 0 N–H and O–H groups in total. The molecule has 6 nitrogen and oxygen atoms in total. The molecule has 0 amide bonds. The summed E-state index contributed by atoms with van der Waals surface area (Å²) < 4.78 is 42.0. The molecule has 0 radical (unpaired) electrons. The van der Waals surface area contributed by atoms with E-state index in [1.807, 2.05) is 0 Å². The molecule has 0 aromatic heterocycles. The molecule has 0 bridgehead atoms. The summed E-state index contributed by atoms with van der Waals surface area (Å²) in [4.78, 5) is 10.5. The van der Waals surface area contributed by atoms with Crippen molar-refractivity contribution < 1.29 is 27.9 Å². The van der Waals surface area contributed by atoms with E-state index >= 15 is 0 Å². The number of nitrogens with zero attached hydrogens (tertiary/aromatic N) is 1. The van der Waals surface area contributed by atoms with Gasteiger partial charge in [0.25, 0.3) is 0 Å². The van der Waals surface area contributed by atoms with Gasteiger partial charge < -0.3 is 14.2 Å². The minimum absolute atomic E-state index is 0.138. The highest BCUT2D eigenvalue weighted by Gasteiger charge is 2.34. The molecule has 8 heteroatoms. The van der Waals surface area contributed by atoms with Crippen molar-refractivity contribution in [3.05, 3.63) is 39.9 Å². The Morgan fingerprint density at radius 3 is 2.73 bits per heavy atom. The van der Waals surface area contributed by atoms with E-state index in [4.69, 9.17) is 14.2 Å². The lowest BCUT2D eigenvalue weighted by Crippen LogP contribution is -2.41. The number of hydrogen-bond donors (Lipinski definition) is 0. The lowest BCUT2D eigenvalue weighted by molar-refractivity contribution is -0.577. The number of nitro groups is 1. The molecule has 3 atom stereocenters. The summed E-state index contributed by atoms with van der Waals surface area (Å²) >= 11 is 0. The van der Waals surface area contributed by atoms with Gasteiger partial charge in [-0.3, -0.25) is 10.1 Å². The molecule has 0 spiro atoms. The van der Waals surface area contributed by atoms with Gasteiger partial charge in [-0.15, -0.1) is 0 Å². The Morgan fingerprint density at radius 2 is 2.14 bits per heavy atom. The Kier molecular flexibility index (Phi) is 5.62. The predicted octanol–water partition coefficient (Wildman–Crippen LogP) is 2.88. The molecule has 1 aliphatic heterocycles. The Morgan fingerprint density at radius 1 is 1.36 bits per heavy atom. The van der Waals surface area contributed by atoms with Crippen molar-refractivity contribution in [2.24, 2.45) is 0 Å². The van der Waals surface area contributed by atoms with Gasteiger partial charge in [0.1, 0.15) is 5.75 Å². The van der Waals surface area contributed by atoms with Crippen LogP contribution in [0.3, 0.4) is 0 Å². The van der Waals surface area contributed by atoms with Gasteiger partial charge in [0, 0.05) is 12.7 Å². The van der Waals surface area contributed by atoms with Gasteiger partial charge in [0.05, 0.1) is 4.92 Å². The highest BCUT2D eigenvalue weighted by molar-refractivity contribution is 5.23. The Balaban J connectivity index is 2.01. The zero-order chi connectivity index (χ0) is 16.1. The van der Waals surface area contributed by atoms with Crippen molar-refractivity contribution in [3.63, 3.8) is 0 Å². The fourth-order valence-electron chi connectivity index (χ4n) is 2.12. The number of ether oxygens (including phenoxy) is 3. The molecule has 1 heterocycles. The van der Waals surface area contributed by atoms with Gasteiger partial charge >= 0.3 is 6.23 Å². The summed E-state index contributed by atoms with van der Waals surface area (Å²) in [5, 5.41) is 11.1. The van der Waals surface area contributed by atoms with Crippen molar-refractivity contribution in [2.45, 2.75) is 44.8 Å². The minimum atomic E-state index is -1.55. The van der Waals surface area contributed by atoms with E-state index in [1.54, 1.807) is 0 Å². The van der Waals surface area contributed by atoms with E-state index in [0.29, 0.717) is 13.0 Å². The summed E-state index contributed by atoms with van der Waals surface area (Å²) in [6.07, 6.45) is -0.468. The Bertz CT molecular complexity index is 522. The Labute approximate surface area is 126 Å². The van der Waals surface area contributed by atoms with E-state index in [-0.39, 0.29) is 5.75 Å². The molecule has 1 aromatic carbocycles. The summed E-state index contributed by atoms with van der Waals surface area (Å²) in [5.74, 6) is -2.32. The molecule has 2 rings (SSSR count). The van der Waals surface area contributed by atoms with Crippen LogP contribution in [0.15, 0.2) is 18.2 Å². The van der Waals surface area contributed by atoms with Crippen LogP contribution >= 0.6 is 0 Å². The van der Waals surface area contributed by atoms with Crippen LogP contribution in [0, 0.1) is 21.7 Å². The molecule has 3 unspecified atom stereocenters. The van der Waals surface area contributed by atoms with E-state index in [9.17, 15) is 18.9 Å². The molecule has 0 aliphatic carbocycles. The first-order chi connectivity index (χ1) is 10.5. The number of rotatable bonds is 6. The molecule has 1 aliphatic rings. The van der Waals surface area contributed by atoms with Crippen molar-refractivity contribution in [3.8, 4) is 5.75 Å². The van der Waals surface area contributed by atoms with Crippen LogP contribution in [0.25, 0.3) is 0 Å². The number of benzene rings is 1. The first-order valence-electron chi connectivity index (χ1n) is 6.99. The second kappa shape index (κ2) is 7.46. The zero-order valence-corrected chi connectivity index (χ0v) is 12.0. The monoisotopic (exact) mass is 317 g/mol. The first-order valence-corrected chi connectivity index (χ1v) is 6.99. The van der Waals surface area contributed by atoms with Gasteiger partial charge in [0.2, 0.25) is 0 Å². The standard InChI is InChI=1S/C14H17F2NO5/c1-9(21-13-4-2-3-7-20-13)14(17(18)19)22-10-5-6-11(15)12(16)8-10/h5-6,8-9,13-14H,2-4,7H2,1H3. The van der Waals surface area contributed by atoms with Gasteiger partial charge in [-0.25, -0.2) is 8.78 Å². The van der Waals surface area contributed by atoms with Crippen molar-refractivity contribution in [2.75, 3.05) is 6.61 Å². The summed E-state index contributed by atoms with van der Waals surface area (Å²) in [7, 11) is 0. The number of halogens is 2. The van der Waals surface area contributed by atoms with Gasteiger partial charge in [-0.1, -0.05) is 0 Å². The van der Waals surface area contributed by atoms with Gasteiger partial charge in [-0.2, -0.15) is 0 Å². The molecule has 1 saturated heterocycles. The smallest absolute Gasteiger partial charge is 0.379 e. The molecule has 122 valence electrons. The van der Waals surface area contributed by atoms with Crippen LogP contribution in [0.5, 0.6) is 5.75 Å². The molecule has 22 heavy (non-hydrogen) atoms. The molecular formula is C14H17F2NO5. The fraction of sp³-hybridized carbons (Fsp3) is 0.571. The largest absolute Gasteiger partial charge is 0.428 e. The summed E-state index contributed by atoms with van der Waals surface area (Å²) in [5.41, 5.74) is 0. The molecule has 1 aromatic rings. The normalized spacial score (nSPS) is 21.1. The summed E-state index contributed by atoms with van der Waals surface area (Å²) in [6, 6.07) is 2.73. The second-order valence-electron chi connectivity index (χ2n) is 5.01. The van der Waals surface area contributed by atoms with Crippen LogP contribution in [0.2, 0.25) is 0 Å². The maximum Gasteiger partial charge on any atom is 0.379 e. The SMILES string of the molecule is CC(OC1CCCCO1)C(Oc1ccc(F)c(F)c1)[N+](=O)[O-]. The zero-order valence-electron chi connectivity index (χ0n) is 12.0. The highest BCUT2D eigenvalue weighted by Crippen LogP contribution is 2.21. The summed E-state index contributed by atoms with van der Waals surface area (Å²) in [6.45, 7) is 2.02. The van der Waals surface area contributed by atoms with Crippen LogP contribution in [0.1, 0.15) is 26.2 Å². The maximum atomic E-state index is 13.1. The third-order valence-electron chi connectivity index (χ3n) is 3.26. The van der Waals surface area contributed by atoms with Crippen molar-refractivity contribution in [1.29, 1.82) is 0 Å². The van der Waals surface area contributed by atoms with Crippen molar-refractivity contribution in [1.82, 2.24) is 0 Å². The highest BCUT2D eigenvalue weighted by atomic mass is 19.2. The van der Waals surface area contributed by atoms with Crippen LogP contribution < -0.4 is 4.74 Å². The predicted molar refractivity (Wildman–Crippen MR) is 71.9 cm³/mol. The van der Waals surface area contributed by atoms with E-state index in [2.05, 4.69) is 0 Å². The second-order valence-corrected chi connectivity index (χ2v) is 5.01. The van der Waals surface area contributed by atoms with Crippen LogP contribution in [-0.2, 0) is 9.47 Å². The van der Waals surface area contributed by atoms with Gasteiger partial charge in [-0.05, 0) is 38.3 Å². The molecule has 0 saturated carbocycles. The van der Waals surface area contributed by atoms with E-state index < -0.39 is 35.2 Å². The average Bonchev–Trinajstić information content (AvgIpc) is 2.49. The lowest BCUT2D eigenvalue weighted by Gasteiger charge is -2.27. The van der Waals surface area contributed by atoms with E-state index in [1.165, 1.54) is 6.92 Å². The van der Waals surface area contributed by atoms with Crippen LogP contribution in [-0.4, -0.2) is 30.2 Å².